The monoisotopic (exact) mass is 183 g/mol. The molecule has 1 aliphatic rings. The number of halogens is 1. The molecule has 1 heterocycles. The molecule has 1 aliphatic heterocycles. The molecule has 3 heteroatoms. The van der Waals surface area contributed by atoms with Crippen LogP contribution in [0.3, 0.4) is 0 Å². The van der Waals surface area contributed by atoms with Crippen LogP contribution in [0, 0.1) is 6.07 Å². The fourth-order valence-electron chi connectivity index (χ4n) is 0.852. The Balaban J connectivity index is 1.96. The zero-order chi connectivity index (χ0) is 8.39. The van der Waals surface area contributed by atoms with E-state index in [0.717, 1.165) is 6.61 Å². The zero-order valence-corrected chi connectivity index (χ0v) is 7.17. The van der Waals surface area contributed by atoms with E-state index in [0.29, 0.717) is 17.4 Å². The lowest BCUT2D eigenvalue weighted by atomic mass is 10.3. The van der Waals surface area contributed by atoms with E-state index in [1.54, 1.807) is 12.1 Å². The summed E-state index contributed by atoms with van der Waals surface area (Å²) in [6.45, 7) is 1.37. The van der Waals surface area contributed by atoms with Crippen LogP contribution in [0.5, 0.6) is 5.75 Å². The third-order valence-electron chi connectivity index (χ3n) is 1.59. The van der Waals surface area contributed by atoms with Gasteiger partial charge in [0.05, 0.1) is 11.6 Å². The normalized spacial score (nSPS) is 20.6. The standard InChI is InChI=1S/C9H8ClO2/c10-8-3-1-2-4-9(8)12-6-7-5-11-7/h1-3,7H,5-6H2. The second-order valence-corrected chi connectivity index (χ2v) is 3.02. The number of epoxide rings is 1. The molecule has 0 bridgehead atoms. The van der Waals surface area contributed by atoms with Crippen molar-refractivity contribution < 1.29 is 9.47 Å². The lowest BCUT2D eigenvalue weighted by molar-refractivity contribution is 0.263. The minimum Gasteiger partial charge on any atom is -0.489 e. The SMILES string of the molecule is Clc1ccc[c]c1OCC1CO1. The van der Waals surface area contributed by atoms with Gasteiger partial charge in [0.15, 0.2) is 0 Å². The molecule has 0 spiro atoms. The van der Waals surface area contributed by atoms with E-state index in [9.17, 15) is 0 Å². The van der Waals surface area contributed by atoms with Gasteiger partial charge >= 0.3 is 0 Å². The molecule has 1 unspecified atom stereocenters. The quantitative estimate of drug-likeness (QED) is 0.668. The van der Waals surface area contributed by atoms with Crippen molar-refractivity contribution in [1.29, 1.82) is 0 Å². The van der Waals surface area contributed by atoms with Crippen LogP contribution >= 0.6 is 11.6 Å². The molecule has 0 aromatic heterocycles. The highest BCUT2D eigenvalue weighted by Crippen LogP contribution is 2.23. The van der Waals surface area contributed by atoms with E-state index in [1.807, 2.05) is 6.07 Å². The zero-order valence-electron chi connectivity index (χ0n) is 6.42. The summed E-state index contributed by atoms with van der Waals surface area (Å²) in [5.74, 6) is 0.606. The van der Waals surface area contributed by atoms with Crippen molar-refractivity contribution >= 4 is 11.6 Å². The van der Waals surface area contributed by atoms with Crippen molar-refractivity contribution in [3.05, 3.63) is 29.3 Å². The van der Waals surface area contributed by atoms with Crippen LogP contribution in [0.4, 0.5) is 0 Å². The molecule has 0 amide bonds. The summed E-state index contributed by atoms with van der Waals surface area (Å²) >= 11 is 5.83. The first kappa shape index (κ1) is 7.90. The minimum atomic E-state index is 0.259. The van der Waals surface area contributed by atoms with Gasteiger partial charge in [-0.05, 0) is 6.07 Å². The van der Waals surface area contributed by atoms with E-state index in [-0.39, 0.29) is 6.10 Å². The highest BCUT2D eigenvalue weighted by atomic mass is 35.5. The van der Waals surface area contributed by atoms with E-state index in [1.165, 1.54) is 0 Å². The van der Waals surface area contributed by atoms with Crippen molar-refractivity contribution in [2.24, 2.45) is 0 Å². The predicted molar refractivity (Wildman–Crippen MR) is 45.5 cm³/mol. The first-order valence-electron chi connectivity index (χ1n) is 3.77. The maximum Gasteiger partial charge on any atom is 0.145 e. The Labute approximate surface area is 76.1 Å². The second kappa shape index (κ2) is 3.33. The summed E-state index contributed by atoms with van der Waals surface area (Å²) in [4.78, 5) is 0. The summed E-state index contributed by atoms with van der Waals surface area (Å²) in [5.41, 5.74) is 0. The van der Waals surface area contributed by atoms with Crippen molar-refractivity contribution in [3.63, 3.8) is 0 Å². The largest absolute Gasteiger partial charge is 0.489 e. The molecule has 0 N–H and O–H groups in total. The Morgan fingerprint density at radius 2 is 2.58 bits per heavy atom. The van der Waals surface area contributed by atoms with Crippen molar-refractivity contribution in [2.75, 3.05) is 13.2 Å². The highest BCUT2D eigenvalue weighted by Gasteiger charge is 2.23. The Hall–Kier alpha value is -0.730. The molecule has 1 aromatic carbocycles. The average molecular weight is 184 g/mol. The van der Waals surface area contributed by atoms with Gasteiger partial charge in [-0.2, -0.15) is 0 Å². The first-order valence-corrected chi connectivity index (χ1v) is 4.14. The van der Waals surface area contributed by atoms with E-state index in [4.69, 9.17) is 21.1 Å². The number of ether oxygens (including phenoxy) is 2. The highest BCUT2D eigenvalue weighted by molar-refractivity contribution is 6.32. The summed E-state index contributed by atoms with van der Waals surface area (Å²) < 4.78 is 10.3. The molecular weight excluding hydrogens is 176 g/mol. The predicted octanol–water partition coefficient (Wildman–Crippen LogP) is 1.92. The molecule has 12 heavy (non-hydrogen) atoms. The van der Waals surface area contributed by atoms with Gasteiger partial charge in [-0.3, -0.25) is 0 Å². The maximum atomic E-state index is 5.83. The Bertz CT molecular complexity index is 271. The lowest BCUT2D eigenvalue weighted by Gasteiger charge is -2.04. The van der Waals surface area contributed by atoms with E-state index >= 15 is 0 Å². The molecule has 1 fully saturated rings. The van der Waals surface area contributed by atoms with Gasteiger partial charge in [0.1, 0.15) is 18.5 Å². The molecule has 63 valence electrons. The van der Waals surface area contributed by atoms with Gasteiger partial charge in [0.2, 0.25) is 0 Å². The van der Waals surface area contributed by atoms with E-state index < -0.39 is 0 Å². The van der Waals surface area contributed by atoms with Gasteiger partial charge in [-0.1, -0.05) is 23.7 Å². The van der Waals surface area contributed by atoms with Gasteiger partial charge in [-0.15, -0.1) is 0 Å². The molecule has 1 saturated heterocycles. The summed E-state index contributed by atoms with van der Waals surface area (Å²) in [7, 11) is 0. The fourth-order valence-corrected chi connectivity index (χ4v) is 1.03. The first-order chi connectivity index (χ1) is 5.86. The second-order valence-electron chi connectivity index (χ2n) is 2.61. The van der Waals surface area contributed by atoms with Crippen LogP contribution in [0.2, 0.25) is 5.02 Å². The van der Waals surface area contributed by atoms with Crippen LogP contribution in [-0.2, 0) is 4.74 Å². The van der Waals surface area contributed by atoms with Crippen molar-refractivity contribution in [1.82, 2.24) is 0 Å². The van der Waals surface area contributed by atoms with Crippen LogP contribution in [-0.4, -0.2) is 19.3 Å². The van der Waals surface area contributed by atoms with Crippen LogP contribution in [0.1, 0.15) is 0 Å². The van der Waals surface area contributed by atoms with Crippen molar-refractivity contribution in [3.8, 4) is 5.75 Å². The summed E-state index contributed by atoms with van der Waals surface area (Å²) in [6, 6.07) is 8.28. The third kappa shape index (κ3) is 1.90. The van der Waals surface area contributed by atoms with Gasteiger partial charge in [-0.25, -0.2) is 0 Å². The fraction of sp³-hybridized carbons (Fsp3) is 0.333. The summed E-state index contributed by atoms with van der Waals surface area (Å²) in [5, 5.41) is 0.596. The molecular formula is C9H8ClO2. The number of benzene rings is 1. The molecule has 2 rings (SSSR count). The topological polar surface area (TPSA) is 21.8 Å². The Kier molecular flexibility index (Phi) is 2.19. The number of hydrogen-bond acceptors (Lipinski definition) is 2. The van der Waals surface area contributed by atoms with Crippen LogP contribution < -0.4 is 4.74 Å². The molecule has 1 aromatic rings. The minimum absolute atomic E-state index is 0.259. The smallest absolute Gasteiger partial charge is 0.145 e. The molecule has 2 nitrogen and oxygen atoms in total. The lowest BCUT2D eigenvalue weighted by Crippen LogP contribution is -2.04. The molecule has 0 aliphatic carbocycles. The Morgan fingerprint density at radius 1 is 1.75 bits per heavy atom. The van der Waals surface area contributed by atoms with Crippen LogP contribution in [0.25, 0.3) is 0 Å². The molecule has 1 radical (unpaired) electrons. The average Bonchev–Trinajstić information content (AvgIpc) is 2.86. The van der Waals surface area contributed by atoms with Gasteiger partial charge in [0, 0.05) is 6.07 Å². The number of hydrogen-bond donors (Lipinski definition) is 0. The number of rotatable bonds is 3. The van der Waals surface area contributed by atoms with E-state index in [2.05, 4.69) is 6.07 Å². The van der Waals surface area contributed by atoms with Gasteiger partial charge < -0.3 is 9.47 Å². The molecule has 0 saturated carbocycles. The Morgan fingerprint density at radius 3 is 3.25 bits per heavy atom. The van der Waals surface area contributed by atoms with Crippen LogP contribution in [0.15, 0.2) is 18.2 Å². The number of para-hydroxylation sites is 1. The maximum absolute atomic E-state index is 5.83. The molecule has 1 atom stereocenters. The summed E-state index contributed by atoms with van der Waals surface area (Å²) in [6.07, 6.45) is 0.259. The van der Waals surface area contributed by atoms with Gasteiger partial charge in [0.25, 0.3) is 0 Å². The van der Waals surface area contributed by atoms with Crippen molar-refractivity contribution in [2.45, 2.75) is 6.10 Å². The third-order valence-corrected chi connectivity index (χ3v) is 1.88.